The van der Waals surface area contributed by atoms with Crippen LogP contribution in [0, 0.1) is 6.92 Å². The van der Waals surface area contributed by atoms with Crippen molar-refractivity contribution in [3.05, 3.63) is 35.7 Å². The summed E-state index contributed by atoms with van der Waals surface area (Å²) in [5.74, 6) is 0. The van der Waals surface area contributed by atoms with Crippen LogP contribution in [-0.4, -0.2) is 28.8 Å². The van der Waals surface area contributed by atoms with Crippen LogP contribution in [0.2, 0.25) is 0 Å². The van der Waals surface area contributed by atoms with E-state index in [0.29, 0.717) is 0 Å². The first-order valence-corrected chi connectivity index (χ1v) is 5.42. The summed E-state index contributed by atoms with van der Waals surface area (Å²) in [5, 5.41) is 10.5. The predicted octanol–water partition coefficient (Wildman–Crippen LogP) is 1.54. The van der Waals surface area contributed by atoms with Gasteiger partial charge in [0.25, 0.3) is 0 Å². The molecule has 0 aliphatic rings. The molecule has 2 aromatic rings. The van der Waals surface area contributed by atoms with Crippen LogP contribution in [-0.2, 0) is 6.42 Å². The Hall–Kier alpha value is -1.68. The topological polar surface area (TPSA) is 53.6 Å². The van der Waals surface area contributed by atoms with E-state index in [0.717, 1.165) is 24.4 Å². The summed E-state index contributed by atoms with van der Waals surface area (Å²) in [7, 11) is 1.95. The van der Waals surface area contributed by atoms with Crippen LogP contribution in [0.15, 0.2) is 24.4 Å². The Morgan fingerprint density at radius 1 is 1.38 bits per heavy atom. The highest BCUT2D eigenvalue weighted by Crippen LogP contribution is 2.20. The standard InChI is InChI=1S/C12H16N4/c1-9-10(6-8-13-2)15-16-12(9)11-5-3-4-7-14-11/h3-5,7,13H,6,8H2,1-2H3,(H,15,16). The van der Waals surface area contributed by atoms with Crippen molar-refractivity contribution in [2.24, 2.45) is 0 Å². The molecule has 16 heavy (non-hydrogen) atoms. The Bertz CT molecular complexity index is 447. The quantitative estimate of drug-likeness (QED) is 0.815. The van der Waals surface area contributed by atoms with E-state index in [2.05, 4.69) is 27.4 Å². The highest BCUT2D eigenvalue weighted by molar-refractivity contribution is 5.59. The minimum Gasteiger partial charge on any atom is -0.319 e. The van der Waals surface area contributed by atoms with Crippen LogP contribution in [0.25, 0.3) is 11.4 Å². The van der Waals surface area contributed by atoms with Crippen molar-refractivity contribution >= 4 is 0 Å². The molecule has 0 unspecified atom stereocenters. The Morgan fingerprint density at radius 3 is 2.94 bits per heavy atom. The van der Waals surface area contributed by atoms with Gasteiger partial charge < -0.3 is 5.32 Å². The van der Waals surface area contributed by atoms with Crippen molar-refractivity contribution in [3.63, 3.8) is 0 Å². The number of aromatic nitrogens is 3. The molecule has 0 aliphatic carbocycles. The lowest BCUT2D eigenvalue weighted by Gasteiger charge is -1.99. The molecule has 2 rings (SSSR count). The summed E-state index contributed by atoms with van der Waals surface area (Å²) in [4.78, 5) is 4.31. The summed E-state index contributed by atoms with van der Waals surface area (Å²) in [6.07, 6.45) is 2.75. The van der Waals surface area contributed by atoms with Crippen molar-refractivity contribution in [2.75, 3.05) is 13.6 Å². The van der Waals surface area contributed by atoms with Crippen LogP contribution in [0.5, 0.6) is 0 Å². The van der Waals surface area contributed by atoms with E-state index in [1.807, 2.05) is 25.2 Å². The maximum Gasteiger partial charge on any atom is 0.114 e. The van der Waals surface area contributed by atoms with Crippen molar-refractivity contribution in [1.29, 1.82) is 0 Å². The van der Waals surface area contributed by atoms with Crippen molar-refractivity contribution in [2.45, 2.75) is 13.3 Å². The van der Waals surface area contributed by atoms with Gasteiger partial charge in [-0.2, -0.15) is 5.10 Å². The molecule has 84 valence electrons. The van der Waals surface area contributed by atoms with Crippen LogP contribution in [0.4, 0.5) is 0 Å². The van der Waals surface area contributed by atoms with E-state index in [1.54, 1.807) is 6.20 Å². The summed E-state index contributed by atoms with van der Waals surface area (Å²) in [6, 6.07) is 5.86. The molecule has 2 aromatic heterocycles. The highest BCUT2D eigenvalue weighted by Gasteiger charge is 2.10. The van der Waals surface area contributed by atoms with Gasteiger partial charge in [0.1, 0.15) is 5.69 Å². The zero-order valence-corrected chi connectivity index (χ0v) is 9.62. The van der Waals surface area contributed by atoms with Crippen LogP contribution in [0.3, 0.4) is 0 Å². The van der Waals surface area contributed by atoms with Gasteiger partial charge in [0, 0.05) is 24.9 Å². The molecule has 0 aromatic carbocycles. The molecule has 0 saturated heterocycles. The smallest absolute Gasteiger partial charge is 0.114 e. The Labute approximate surface area is 95.1 Å². The molecule has 0 bridgehead atoms. The third kappa shape index (κ3) is 2.12. The van der Waals surface area contributed by atoms with Crippen LogP contribution < -0.4 is 5.32 Å². The van der Waals surface area contributed by atoms with Crippen molar-refractivity contribution in [3.8, 4) is 11.4 Å². The molecular weight excluding hydrogens is 200 g/mol. The summed E-state index contributed by atoms with van der Waals surface area (Å²) >= 11 is 0. The molecule has 0 aliphatic heterocycles. The van der Waals surface area contributed by atoms with E-state index < -0.39 is 0 Å². The number of nitrogens with one attached hydrogen (secondary N) is 2. The summed E-state index contributed by atoms with van der Waals surface area (Å²) in [6.45, 7) is 3.03. The molecule has 0 amide bonds. The largest absolute Gasteiger partial charge is 0.319 e. The van der Waals surface area contributed by atoms with Gasteiger partial charge in [-0.25, -0.2) is 0 Å². The molecule has 2 N–H and O–H groups in total. The number of hydrogen-bond acceptors (Lipinski definition) is 3. The van der Waals surface area contributed by atoms with Gasteiger partial charge in [-0.05, 0) is 31.7 Å². The third-order valence-electron chi connectivity index (χ3n) is 2.64. The van der Waals surface area contributed by atoms with Gasteiger partial charge in [-0.1, -0.05) is 6.07 Å². The second kappa shape index (κ2) is 4.90. The van der Waals surface area contributed by atoms with E-state index in [4.69, 9.17) is 0 Å². The van der Waals surface area contributed by atoms with Gasteiger partial charge in [0.15, 0.2) is 0 Å². The Balaban J connectivity index is 2.27. The number of hydrogen-bond donors (Lipinski definition) is 2. The minimum absolute atomic E-state index is 0.923. The van der Waals surface area contributed by atoms with Crippen LogP contribution in [0.1, 0.15) is 11.3 Å². The predicted molar refractivity (Wildman–Crippen MR) is 64.2 cm³/mol. The molecular formula is C12H16N4. The first-order valence-electron chi connectivity index (χ1n) is 5.42. The Morgan fingerprint density at radius 2 is 2.25 bits per heavy atom. The lowest BCUT2D eigenvalue weighted by Crippen LogP contribution is -2.11. The van der Waals surface area contributed by atoms with Crippen LogP contribution >= 0.6 is 0 Å². The lowest BCUT2D eigenvalue weighted by molar-refractivity contribution is 0.769. The monoisotopic (exact) mass is 216 g/mol. The van der Waals surface area contributed by atoms with Gasteiger partial charge in [0.05, 0.1) is 5.69 Å². The van der Waals surface area contributed by atoms with Crippen molar-refractivity contribution in [1.82, 2.24) is 20.5 Å². The van der Waals surface area contributed by atoms with Gasteiger partial charge in [-0.3, -0.25) is 10.1 Å². The fourth-order valence-electron chi connectivity index (χ4n) is 1.68. The second-order valence-corrected chi connectivity index (χ2v) is 3.74. The number of nitrogens with zero attached hydrogens (tertiary/aromatic N) is 2. The van der Waals surface area contributed by atoms with Gasteiger partial charge in [0.2, 0.25) is 0 Å². The number of pyridine rings is 1. The van der Waals surface area contributed by atoms with Gasteiger partial charge in [-0.15, -0.1) is 0 Å². The molecule has 0 saturated carbocycles. The molecule has 0 atom stereocenters. The molecule has 0 spiro atoms. The molecule has 0 radical (unpaired) electrons. The maximum atomic E-state index is 4.32. The van der Waals surface area contributed by atoms with Crippen molar-refractivity contribution < 1.29 is 0 Å². The van der Waals surface area contributed by atoms with Gasteiger partial charge >= 0.3 is 0 Å². The Kier molecular flexibility index (Phi) is 3.31. The zero-order valence-electron chi connectivity index (χ0n) is 9.62. The van der Waals surface area contributed by atoms with E-state index in [-0.39, 0.29) is 0 Å². The average molecular weight is 216 g/mol. The highest BCUT2D eigenvalue weighted by atomic mass is 15.1. The van der Waals surface area contributed by atoms with E-state index in [9.17, 15) is 0 Å². The minimum atomic E-state index is 0.923. The maximum absolute atomic E-state index is 4.32. The SMILES string of the molecule is CNCCc1[nH]nc(-c2ccccn2)c1C. The number of aromatic amines is 1. The third-order valence-corrected chi connectivity index (χ3v) is 2.64. The summed E-state index contributed by atoms with van der Waals surface area (Å²) in [5.41, 5.74) is 4.24. The molecule has 4 nitrogen and oxygen atoms in total. The second-order valence-electron chi connectivity index (χ2n) is 3.74. The zero-order chi connectivity index (χ0) is 11.4. The molecule has 0 fully saturated rings. The number of H-pyrrole nitrogens is 1. The number of rotatable bonds is 4. The molecule has 4 heteroatoms. The first-order chi connectivity index (χ1) is 7.83. The number of likely N-dealkylation sites (N-methyl/N-ethyl adjacent to an activating group) is 1. The fourth-order valence-corrected chi connectivity index (χ4v) is 1.68. The normalized spacial score (nSPS) is 10.6. The average Bonchev–Trinajstić information content (AvgIpc) is 2.69. The fraction of sp³-hybridized carbons (Fsp3) is 0.333. The summed E-state index contributed by atoms with van der Waals surface area (Å²) < 4.78 is 0. The van der Waals surface area contributed by atoms with E-state index >= 15 is 0 Å². The molecule has 2 heterocycles. The van der Waals surface area contributed by atoms with E-state index in [1.165, 1.54) is 11.3 Å². The lowest BCUT2D eigenvalue weighted by atomic mass is 10.1. The first kappa shape index (κ1) is 10.8.